The largest absolute Gasteiger partial charge is 0.437 e. The van der Waals surface area contributed by atoms with Crippen molar-refractivity contribution in [3.8, 4) is 11.6 Å². The van der Waals surface area contributed by atoms with E-state index in [-0.39, 0.29) is 23.6 Å². The van der Waals surface area contributed by atoms with Gasteiger partial charge in [0.15, 0.2) is 5.65 Å². The van der Waals surface area contributed by atoms with E-state index in [1.54, 1.807) is 6.20 Å². The highest BCUT2D eigenvalue weighted by Gasteiger charge is 2.31. The monoisotopic (exact) mass is 407 g/mol. The van der Waals surface area contributed by atoms with Crippen LogP contribution >= 0.6 is 0 Å². The van der Waals surface area contributed by atoms with Gasteiger partial charge in [-0.05, 0) is 30.9 Å². The molecule has 2 N–H and O–H groups in total. The molecule has 2 aromatic heterocycles. The van der Waals surface area contributed by atoms with E-state index in [1.807, 2.05) is 49.1 Å². The Morgan fingerprint density at radius 2 is 1.90 bits per heavy atom. The Morgan fingerprint density at radius 1 is 1.17 bits per heavy atom. The molecule has 0 spiro atoms. The van der Waals surface area contributed by atoms with Crippen molar-refractivity contribution in [3.05, 3.63) is 48.3 Å². The van der Waals surface area contributed by atoms with Crippen LogP contribution in [0.25, 0.3) is 11.2 Å². The highest BCUT2D eigenvalue weighted by atomic mass is 16.5. The van der Waals surface area contributed by atoms with Crippen LogP contribution in [-0.2, 0) is 4.79 Å². The van der Waals surface area contributed by atoms with E-state index >= 15 is 0 Å². The lowest BCUT2D eigenvalue weighted by molar-refractivity contribution is -0.133. The van der Waals surface area contributed by atoms with Crippen molar-refractivity contribution in [3.63, 3.8) is 0 Å². The SMILES string of the molecule is CC(C)[C@@H](NC(=O)c1c[nH]c2ncc(Oc3ccccc3)nc12)C(=O)N1CCCC1. The first-order valence-electron chi connectivity index (χ1n) is 10.2. The number of para-hydroxylation sites is 1. The van der Waals surface area contributed by atoms with Crippen LogP contribution in [0.5, 0.6) is 11.6 Å². The zero-order valence-electron chi connectivity index (χ0n) is 17.1. The molecule has 1 fully saturated rings. The minimum atomic E-state index is -0.586. The summed E-state index contributed by atoms with van der Waals surface area (Å²) in [4.78, 5) is 39.4. The van der Waals surface area contributed by atoms with Gasteiger partial charge in [0.25, 0.3) is 5.91 Å². The lowest BCUT2D eigenvalue weighted by Gasteiger charge is -2.26. The van der Waals surface area contributed by atoms with Gasteiger partial charge in [0.2, 0.25) is 11.8 Å². The predicted octanol–water partition coefficient (Wildman–Crippen LogP) is 3.13. The number of hydrogen-bond donors (Lipinski definition) is 2. The number of H-pyrrole nitrogens is 1. The summed E-state index contributed by atoms with van der Waals surface area (Å²) >= 11 is 0. The van der Waals surface area contributed by atoms with Gasteiger partial charge in [-0.15, -0.1) is 0 Å². The molecule has 0 saturated carbocycles. The van der Waals surface area contributed by atoms with Crippen LogP contribution in [0.15, 0.2) is 42.7 Å². The molecule has 8 heteroatoms. The second-order valence-electron chi connectivity index (χ2n) is 7.75. The number of ether oxygens (including phenoxy) is 1. The van der Waals surface area contributed by atoms with E-state index in [0.29, 0.717) is 22.5 Å². The fourth-order valence-corrected chi connectivity index (χ4v) is 3.57. The van der Waals surface area contributed by atoms with Crippen LogP contribution in [0.3, 0.4) is 0 Å². The molecule has 1 aromatic carbocycles. The number of likely N-dealkylation sites (tertiary alicyclic amines) is 1. The zero-order chi connectivity index (χ0) is 21.1. The van der Waals surface area contributed by atoms with Gasteiger partial charge in [0.05, 0.1) is 11.8 Å². The van der Waals surface area contributed by atoms with Gasteiger partial charge in [0, 0.05) is 19.3 Å². The number of aromatic amines is 1. The van der Waals surface area contributed by atoms with Gasteiger partial charge in [-0.2, -0.15) is 0 Å². The number of aromatic nitrogens is 3. The van der Waals surface area contributed by atoms with E-state index in [9.17, 15) is 9.59 Å². The first-order valence-corrected chi connectivity index (χ1v) is 10.2. The molecule has 8 nitrogen and oxygen atoms in total. The molecule has 0 aliphatic carbocycles. The molecule has 3 aromatic rings. The molecule has 1 aliphatic rings. The molecular weight excluding hydrogens is 382 g/mol. The van der Waals surface area contributed by atoms with Crippen LogP contribution in [0, 0.1) is 5.92 Å². The van der Waals surface area contributed by atoms with Gasteiger partial charge in [-0.25, -0.2) is 9.97 Å². The predicted molar refractivity (Wildman–Crippen MR) is 112 cm³/mol. The summed E-state index contributed by atoms with van der Waals surface area (Å²) in [6.45, 7) is 5.35. The Hall–Kier alpha value is -3.42. The maximum absolute atomic E-state index is 13.0. The molecule has 0 bridgehead atoms. The van der Waals surface area contributed by atoms with Gasteiger partial charge in [0.1, 0.15) is 17.3 Å². The smallest absolute Gasteiger partial charge is 0.255 e. The number of nitrogens with one attached hydrogen (secondary N) is 2. The second kappa shape index (κ2) is 8.52. The normalized spacial score (nSPS) is 14.8. The minimum Gasteiger partial charge on any atom is -0.437 e. The summed E-state index contributed by atoms with van der Waals surface area (Å²) < 4.78 is 5.74. The summed E-state index contributed by atoms with van der Waals surface area (Å²) in [6.07, 6.45) is 5.07. The first-order chi connectivity index (χ1) is 14.5. The second-order valence-corrected chi connectivity index (χ2v) is 7.75. The number of nitrogens with zero attached hydrogens (tertiary/aromatic N) is 3. The van der Waals surface area contributed by atoms with Gasteiger partial charge in [-0.3, -0.25) is 9.59 Å². The summed E-state index contributed by atoms with van der Waals surface area (Å²) in [5.41, 5.74) is 1.21. The van der Waals surface area contributed by atoms with Crippen molar-refractivity contribution in [1.82, 2.24) is 25.2 Å². The van der Waals surface area contributed by atoms with Gasteiger partial charge >= 0.3 is 0 Å². The Labute approximate surface area is 174 Å². The van der Waals surface area contributed by atoms with Crippen molar-refractivity contribution in [2.75, 3.05) is 13.1 Å². The molecule has 4 rings (SSSR count). The average molecular weight is 407 g/mol. The number of carbonyl (C=O) groups is 2. The number of rotatable bonds is 6. The maximum Gasteiger partial charge on any atom is 0.255 e. The van der Waals surface area contributed by atoms with E-state index in [4.69, 9.17) is 4.74 Å². The lowest BCUT2D eigenvalue weighted by Crippen LogP contribution is -2.50. The Bertz CT molecular complexity index is 1040. The van der Waals surface area contributed by atoms with Crippen molar-refractivity contribution < 1.29 is 14.3 Å². The highest BCUT2D eigenvalue weighted by molar-refractivity contribution is 6.06. The van der Waals surface area contributed by atoms with E-state index < -0.39 is 6.04 Å². The molecule has 156 valence electrons. The molecule has 2 amide bonds. The Morgan fingerprint density at radius 3 is 2.60 bits per heavy atom. The molecule has 0 unspecified atom stereocenters. The van der Waals surface area contributed by atoms with Crippen LogP contribution in [0.1, 0.15) is 37.0 Å². The summed E-state index contributed by atoms with van der Waals surface area (Å²) in [6, 6.07) is 8.66. The maximum atomic E-state index is 13.0. The molecular formula is C22H25N5O3. The summed E-state index contributed by atoms with van der Waals surface area (Å²) in [5.74, 6) is 0.489. The molecule has 1 saturated heterocycles. The molecule has 3 heterocycles. The lowest BCUT2D eigenvalue weighted by atomic mass is 10.0. The zero-order valence-corrected chi connectivity index (χ0v) is 17.1. The van der Waals surface area contributed by atoms with Crippen molar-refractivity contribution in [1.29, 1.82) is 0 Å². The van der Waals surface area contributed by atoms with Crippen LogP contribution < -0.4 is 10.1 Å². The average Bonchev–Trinajstić information content (AvgIpc) is 3.42. The molecule has 1 atom stereocenters. The van der Waals surface area contributed by atoms with Crippen molar-refractivity contribution in [2.24, 2.45) is 5.92 Å². The van der Waals surface area contributed by atoms with E-state index in [2.05, 4.69) is 20.3 Å². The Kier molecular flexibility index (Phi) is 5.65. The number of benzene rings is 1. The fraction of sp³-hybridized carbons (Fsp3) is 0.364. The quantitative estimate of drug-likeness (QED) is 0.654. The molecule has 30 heavy (non-hydrogen) atoms. The summed E-state index contributed by atoms with van der Waals surface area (Å²) in [7, 11) is 0. The Balaban J connectivity index is 1.56. The highest BCUT2D eigenvalue weighted by Crippen LogP contribution is 2.22. The summed E-state index contributed by atoms with van der Waals surface area (Å²) in [5, 5.41) is 2.90. The number of hydrogen-bond acceptors (Lipinski definition) is 5. The van der Waals surface area contributed by atoms with E-state index in [0.717, 1.165) is 25.9 Å². The van der Waals surface area contributed by atoms with Crippen molar-refractivity contribution >= 4 is 23.0 Å². The third kappa shape index (κ3) is 4.12. The van der Waals surface area contributed by atoms with Crippen LogP contribution in [0.2, 0.25) is 0 Å². The van der Waals surface area contributed by atoms with Gasteiger partial charge in [-0.1, -0.05) is 32.0 Å². The van der Waals surface area contributed by atoms with Crippen molar-refractivity contribution in [2.45, 2.75) is 32.7 Å². The van der Waals surface area contributed by atoms with E-state index in [1.165, 1.54) is 6.20 Å². The van der Waals surface area contributed by atoms with Crippen LogP contribution in [-0.4, -0.2) is 50.8 Å². The first kappa shape index (κ1) is 19.9. The minimum absolute atomic E-state index is 0.0321. The number of fused-ring (bicyclic) bond motifs is 1. The molecule has 0 radical (unpaired) electrons. The number of carbonyl (C=O) groups excluding carboxylic acids is 2. The number of amides is 2. The van der Waals surface area contributed by atoms with Gasteiger partial charge < -0.3 is 19.9 Å². The third-order valence-electron chi connectivity index (χ3n) is 5.21. The molecule has 1 aliphatic heterocycles. The topological polar surface area (TPSA) is 100 Å². The fourth-order valence-electron chi connectivity index (χ4n) is 3.57. The third-order valence-corrected chi connectivity index (χ3v) is 5.21. The van der Waals surface area contributed by atoms with Crippen LogP contribution in [0.4, 0.5) is 0 Å². The standard InChI is InChI=1S/C22H25N5O3/c1-14(2)18(22(29)27-10-6-7-11-27)26-21(28)16-12-23-20-19(16)25-17(13-24-20)30-15-8-4-3-5-9-15/h3-5,8-9,12-14,18H,6-7,10-11H2,1-2H3,(H,23,24)(H,26,28)/t18-/m1/s1.